The molecule has 0 radical (unpaired) electrons. The molecule has 1 N–H and O–H groups in total. The van der Waals surface area contributed by atoms with E-state index in [1.165, 1.54) is 31.5 Å². The van der Waals surface area contributed by atoms with Crippen LogP contribution in [0.2, 0.25) is 0 Å². The lowest BCUT2D eigenvalue weighted by atomic mass is 9.95. The van der Waals surface area contributed by atoms with Crippen LogP contribution in [0, 0.1) is 12.8 Å². The van der Waals surface area contributed by atoms with Crippen molar-refractivity contribution in [1.29, 1.82) is 0 Å². The number of fused-ring (bicyclic) bond motifs is 1. The van der Waals surface area contributed by atoms with Gasteiger partial charge < -0.3 is 14.6 Å². The molecule has 33 heavy (non-hydrogen) atoms. The Labute approximate surface area is 206 Å². The topological polar surface area (TPSA) is 84.1 Å². The van der Waals surface area contributed by atoms with Crippen LogP contribution < -0.4 is 0 Å². The number of nitrogens with zero attached hydrogens (tertiary/aromatic N) is 5. The molecule has 0 unspecified atom stereocenters. The molecular weight excluding hydrogens is 502 g/mol. The monoisotopic (exact) mass is 529 g/mol. The summed E-state index contributed by atoms with van der Waals surface area (Å²) in [5.41, 5.74) is 3.97. The maximum Gasteiger partial charge on any atom is 0.290 e. The normalized spacial score (nSPS) is 21.2. The van der Waals surface area contributed by atoms with E-state index in [-0.39, 0.29) is 6.47 Å². The van der Waals surface area contributed by atoms with Crippen LogP contribution in [-0.2, 0) is 17.3 Å². The predicted octanol–water partition coefficient (Wildman–Crippen LogP) is 4.40. The van der Waals surface area contributed by atoms with E-state index in [0.29, 0.717) is 5.41 Å². The van der Waals surface area contributed by atoms with E-state index in [9.17, 15) is 0 Å². The number of halogens is 1. The molecule has 1 aliphatic carbocycles. The third kappa shape index (κ3) is 5.15. The Balaban J connectivity index is 0.000000821. The zero-order chi connectivity index (χ0) is 23.4. The largest absolute Gasteiger partial charge is 0.483 e. The van der Waals surface area contributed by atoms with Crippen LogP contribution in [0.15, 0.2) is 52.2 Å². The Morgan fingerprint density at radius 3 is 2.76 bits per heavy atom. The molecule has 0 spiro atoms. The van der Waals surface area contributed by atoms with Gasteiger partial charge in [0.25, 0.3) is 6.47 Å². The minimum atomic E-state index is -0.250. The summed E-state index contributed by atoms with van der Waals surface area (Å²) in [5, 5.41) is 16.6. The van der Waals surface area contributed by atoms with E-state index < -0.39 is 0 Å². The number of thioether (sulfide) groups is 1. The van der Waals surface area contributed by atoms with Crippen LogP contribution in [0.25, 0.3) is 11.5 Å². The summed E-state index contributed by atoms with van der Waals surface area (Å²) in [6.45, 7) is 5.42. The summed E-state index contributed by atoms with van der Waals surface area (Å²) in [4.78, 5) is 15.5. The van der Waals surface area contributed by atoms with Gasteiger partial charge in [0, 0.05) is 42.0 Å². The highest BCUT2D eigenvalue weighted by Crippen LogP contribution is 2.59. The summed E-state index contributed by atoms with van der Waals surface area (Å²) >= 11 is 5.34. The van der Waals surface area contributed by atoms with Crippen molar-refractivity contribution in [2.75, 3.05) is 25.4 Å². The Kier molecular flexibility index (Phi) is 7.51. The van der Waals surface area contributed by atoms with Crippen LogP contribution in [0.1, 0.15) is 24.0 Å². The molecule has 9 heteroatoms. The fourth-order valence-electron chi connectivity index (χ4n) is 4.80. The quantitative estimate of drug-likeness (QED) is 0.275. The molecule has 2 fully saturated rings. The lowest BCUT2D eigenvalue weighted by molar-refractivity contribution is -0.122. The molecule has 2 atom stereocenters. The molecule has 7 nitrogen and oxygen atoms in total. The first-order chi connectivity index (χ1) is 16.0. The molecule has 5 rings (SSSR count). The number of carbonyl (C=O) groups is 1. The average molecular weight is 530 g/mol. The standard InChI is InChI=1S/C23H26BrN5S.CH2O2/c1-16-5-3-10-25-20(16)21-26-27-22(28(21)2)30-12-4-11-29-14-18-13-23(18,15-29)17-6-8-19(24)9-7-17;2-1-3/h3,5-10,18H,4,11-15H2,1-2H3;1H,(H,2,3)/t18-,23+;/m0./s1. The molecule has 174 valence electrons. The highest BCUT2D eigenvalue weighted by atomic mass is 79.9. The minimum Gasteiger partial charge on any atom is -0.483 e. The van der Waals surface area contributed by atoms with Gasteiger partial charge in [-0.05, 0) is 61.6 Å². The van der Waals surface area contributed by atoms with Crippen LogP contribution in [0.5, 0.6) is 0 Å². The summed E-state index contributed by atoms with van der Waals surface area (Å²) in [6.07, 6.45) is 4.33. The van der Waals surface area contributed by atoms with Crippen molar-refractivity contribution < 1.29 is 9.90 Å². The molecule has 1 saturated heterocycles. The Morgan fingerprint density at radius 2 is 2.03 bits per heavy atom. The van der Waals surface area contributed by atoms with E-state index in [0.717, 1.165) is 44.9 Å². The Hall–Kier alpha value is -2.23. The van der Waals surface area contributed by atoms with Gasteiger partial charge in [0.1, 0.15) is 5.69 Å². The third-order valence-electron chi connectivity index (χ3n) is 6.54. The number of piperidine rings is 1. The number of benzene rings is 1. The van der Waals surface area contributed by atoms with Crippen molar-refractivity contribution in [3.05, 3.63) is 58.2 Å². The van der Waals surface area contributed by atoms with Crippen molar-refractivity contribution in [1.82, 2.24) is 24.6 Å². The Bertz CT molecular complexity index is 1110. The second-order valence-corrected chi connectivity index (χ2v) is 10.6. The molecule has 3 aromatic rings. The number of hydrogen-bond donors (Lipinski definition) is 1. The second kappa shape index (κ2) is 10.4. The molecule has 2 aromatic heterocycles. The van der Waals surface area contributed by atoms with Gasteiger partial charge in [-0.3, -0.25) is 9.78 Å². The van der Waals surface area contributed by atoms with E-state index in [2.05, 4.69) is 77.8 Å². The van der Waals surface area contributed by atoms with E-state index in [1.807, 2.05) is 19.3 Å². The van der Waals surface area contributed by atoms with Crippen molar-refractivity contribution in [2.45, 2.75) is 30.3 Å². The van der Waals surface area contributed by atoms with Crippen molar-refractivity contribution >= 4 is 34.2 Å². The minimum absolute atomic E-state index is 0.250. The Morgan fingerprint density at radius 1 is 1.27 bits per heavy atom. The molecule has 1 aromatic carbocycles. The number of hydrogen-bond acceptors (Lipinski definition) is 6. The zero-order valence-electron chi connectivity index (χ0n) is 18.8. The highest BCUT2D eigenvalue weighted by Gasteiger charge is 2.60. The highest BCUT2D eigenvalue weighted by molar-refractivity contribution is 9.10. The fraction of sp³-hybridized carbons (Fsp3) is 0.417. The summed E-state index contributed by atoms with van der Waals surface area (Å²) in [5.74, 6) is 2.74. The van der Waals surface area contributed by atoms with Gasteiger partial charge in [0.05, 0.1) is 0 Å². The third-order valence-corrected chi connectivity index (χ3v) is 8.18. The van der Waals surface area contributed by atoms with Crippen molar-refractivity contribution in [3.63, 3.8) is 0 Å². The van der Waals surface area contributed by atoms with E-state index >= 15 is 0 Å². The smallest absolute Gasteiger partial charge is 0.290 e. The number of rotatable bonds is 7. The van der Waals surface area contributed by atoms with Gasteiger partial charge >= 0.3 is 0 Å². The first kappa shape index (κ1) is 23.9. The first-order valence-electron chi connectivity index (χ1n) is 11.0. The number of pyridine rings is 1. The number of carboxylic acid groups (broad SMARTS) is 1. The van der Waals surface area contributed by atoms with Gasteiger partial charge in [-0.15, -0.1) is 10.2 Å². The molecular formula is C24H28BrN5O2S. The van der Waals surface area contributed by atoms with E-state index in [4.69, 9.17) is 9.90 Å². The maximum absolute atomic E-state index is 8.36. The van der Waals surface area contributed by atoms with Gasteiger partial charge in [0.2, 0.25) is 0 Å². The van der Waals surface area contributed by atoms with Crippen molar-refractivity contribution in [2.24, 2.45) is 13.0 Å². The second-order valence-electron chi connectivity index (χ2n) is 8.64. The van der Waals surface area contributed by atoms with Crippen LogP contribution in [0.3, 0.4) is 0 Å². The molecule has 1 aliphatic heterocycles. The van der Waals surface area contributed by atoms with Crippen LogP contribution in [-0.4, -0.2) is 61.6 Å². The van der Waals surface area contributed by atoms with Gasteiger partial charge in [-0.1, -0.05) is 45.9 Å². The number of likely N-dealkylation sites (tertiary alicyclic amines) is 1. The molecule has 1 saturated carbocycles. The molecule has 0 bridgehead atoms. The first-order valence-corrected chi connectivity index (χ1v) is 12.8. The summed E-state index contributed by atoms with van der Waals surface area (Å²) in [7, 11) is 2.03. The number of aromatic nitrogens is 4. The predicted molar refractivity (Wildman–Crippen MR) is 133 cm³/mol. The molecule has 0 amide bonds. The van der Waals surface area contributed by atoms with E-state index in [1.54, 1.807) is 11.8 Å². The van der Waals surface area contributed by atoms with Gasteiger partial charge in [-0.25, -0.2) is 0 Å². The molecule has 2 aliphatic rings. The zero-order valence-corrected chi connectivity index (χ0v) is 21.2. The number of aryl methyl sites for hydroxylation is 1. The van der Waals surface area contributed by atoms with Gasteiger partial charge in [0.15, 0.2) is 11.0 Å². The van der Waals surface area contributed by atoms with Crippen LogP contribution >= 0.6 is 27.7 Å². The lowest BCUT2D eigenvalue weighted by Gasteiger charge is -2.21. The van der Waals surface area contributed by atoms with Gasteiger partial charge in [-0.2, -0.15) is 0 Å². The summed E-state index contributed by atoms with van der Waals surface area (Å²) in [6, 6.07) is 13.0. The lowest BCUT2D eigenvalue weighted by Crippen LogP contribution is -2.27. The average Bonchev–Trinajstić information content (AvgIpc) is 3.18. The summed E-state index contributed by atoms with van der Waals surface area (Å²) < 4.78 is 3.23. The molecule has 3 heterocycles. The van der Waals surface area contributed by atoms with Crippen LogP contribution in [0.4, 0.5) is 0 Å². The van der Waals surface area contributed by atoms with Crippen molar-refractivity contribution in [3.8, 4) is 11.5 Å². The SMILES string of the molecule is Cc1cccnc1-c1nnc(SCCCN2C[C@@H]3C[C@]3(c3ccc(Br)cc3)C2)n1C.O=CO. The fourth-order valence-corrected chi connectivity index (χ4v) is 5.90. The maximum atomic E-state index is 8.36.